The van der Waals surface area contributed by atoms with Crippen LogP contribution in [0.4, 0.5) is 4.39 Å². The highest BCUT2D eigenvalue weighted by atomic mass is 79.9. The van der Waals surface area contributed by atoms with E-state index in [9.17, 15) is 9.18 Å². The first kappa shape index (κ1) is 9.41. The Labute approximate surface area is 76.9 Å². The lowest BCUT2D eigenvalue weighted by Crippen LogP contribution is -2.23. The molecule has 0 bridgehead atoms. The van der Waals surface area contributed by atoms with Crippen LogP contribution in [0.1, 0.15) is 0 Å². The topological polar surface area (TPSA) is 31.2 Å². The van der Waals surface area contributed by atoms with Gasteiger partial charge in [-0.3, -0.25) is 9.36 Å². The van der Waals surface area contributed by atoms with Crippen LogP contribution < -0.4 is 5.56 Å². The monoisotopic (exact) mass is 235 g/mol. The lowest BCUT2D eigenvalue weighted by Gasteiger charge is -2.03. The van der Waals surface area contributed by atoms with Crippen molar-refractivity contribution in [2.75, 3.05) is 7.11 Å². The van der Waals surface area contributed by atoms with Crippen molar-refractivity contribution in [3.05, 3.63) is 32.9 Å². The Kier molecular flexibility index (Phi) is 2.99. The van der Waals surface area contributed by atoms with Crippen molar-refractivity contribution < 1.29 is 9.13 Å². The average molecular weight is 236 g/mol. The van der Waals surface area contributed by atoms with Crippen LogP contribution in [0.5, 0.6) is 0 Å². The Balaban J connectivity index is 3.19. The zero-order chi connectivity index (χ0) is 9.14. The number of hydrogen-bond donors (Lipinski definition) is 0. The van der Waals surface area contributed by atoms with Crippen molar-refractivity contribution in [2.24, 2.45) is 0 Å². The molecule has 5 heteroatoms. The second kappa shape index (κ2) is 3.82. The first-order chi connectivity index (χ1) is 5.65. The Morgan fingerprint density at radius 2 is 2.42 bits per heavy atom. The molecule has 0 aliphatic heterocycles. The first-order valence-corrected chi connectivity index (χ1v) is 3.99. The van der Waals surface area contributed by atoms with Crippen LogP contribution in [0.25, 0.3) is 0 Å². The molecule has 12 heavy (non-hydrogen) atoms. The number of ether oxygens (including phenoxy) is 1. The average Bonchev–Trinajstić information content (AvgIpc) is 2.00. The van der Waals surface area contributed by atoms with E-state index in [0.717, 1.165) is 10.6 Å². The molecule has 0 saturated carbocycles. The van der Waals surface area contributed by atoms with E-state index in [1.807, 2.05) is 0 Å². The molecule has 0 aliphatic rings. The van der Waals surface area contributed by atoms with Gasteiger partial charge in [0.1, 0.15) is 6.73 Å². The van der Waals surface area contributed by atoms with Crippen molar-refractivity contribution in [3.8, 4) is 0 Å². The molecule has 3 nitrogen and oxygen atoms in total. The van der Waals surface area contributed by atoms with E-state index in [1.165, 1.54) is 13.3 Å². The Morgan fingerprint density at radius 3 is 3.00 bits per heavy atom. The molecule has 0 radical (unpaired) electrons. The van der Waals surface area contributed by atoms with Gasteiger partial charge in [0.25, 0.3) is 5.56 Å². The zero-order valence-corrected chi connectivity index (χ0v) is 7.97. The van der Waals surface area contributed by atoms with Gasteiger partial charge in [0, 0.05) is 17.8 Å². The molecule has 1 rings (SSSR count). The molecule has 1 aromatic rings. The van der Waals surface area contributed by atoms with Crippen LogP contribution in [0, 0.1) is 5.82 Å². The van der Waals surface area contributed by atoms with Crippen molar-refractivity contribution in [3.63, 3.8) is 0 Å². The molecule has 0 amide bonds. The van der Waals surface area contributed by atoms with E-state index in [1.54, 1.807) is 0 Å². The van der Waals surface area contributed by atoms with Gasteiger partial charge in [-0.1, -0.05) is 0 Å². The SMILES string of the molecule is COCn1cc(Br)cc(F)c1=O. The number of aromatic nitrogens is 1. The number of rotatable bonds is 2. The normalized spacial score (nSPS) is 10.2. The third-order valence-electron chi connectivity index (χ3n) is 1.28. The summed E-state index contributed by atoms with van der Waals surface area (Å²) in [7, 11) is 1.44. The standard InChI is InChI=1S/C7H7BrFNO2/c1-12-4-10-3-5(8)2-6(9)7(10)11/h2-3H,4H2,1H3. The molecule has 0 saturated heterocycles. The lowest BCUT2D eigenvalue weighted by molar-refractivity contribution is 0.127. The minimum Gasteiger partial charge on any atom is -0.364 e. The van der Waals surface area contributed by atoms with E-state index >= 15 is 0 Å². The molecular weight excluding hydrogens is 229 g/mol. The van der Waals surface area contributed by atoms with Gasteiger partial charge in [0.15, 0.2) is 5.82 Å². The van der Waals surface area contributed by atoms with Crippen LogP contribution in [-0.2, 0) is 11.5 Å². The van der Waals surface area contributed by atoms with E-state index in [2.05, 4.69) is 15.9 Å². The number of pyridine rings is 1. The van der Waals surface area contributed by atoms with Gasteiger partial charge in [0.05, 0.1) is 0 Å². The maximum absolute atomic E-state index is 12.7. The summed E-state index contributed by atoms with van der Waals surface area (Å²) in [5.41, 5.74) is -0.681. The summed E-state index contributed by atoms with van der Waals surface area (Å²) in [6.45, 7) is 0.0508. The second-order valence-electron chi connectivity index (χ2n) is 2.20. The van der Waals surface area contributed by atoms with Crippen molar-refractivity contribution in [1.29, 1.82) is 0 Å². The van der Waals surface area contributed by atoms with Crippen LogP contribution in [-0.4, -0.2) is 11.7 Å². The molecule has 0 unspecified atom stereocenters. The summed E-state index contributed by atoms with van der Waals surface area (Å²) >= 11 is 3.06. The minimum absolute atomic E-state index is 0.0508. The number of hydrogen-bond acceptors (Lipinski definition) is 2. The molecular formula is C7H7BrFNO2. The molecule has 66 valence electrons. The molecule has 0 aromatic carbocycles. The molecule has 0 atom stereocenters. The van der Waals surface area contributed by atoms with Crippen molar-refractivity contribution in [1.82, 2.24) is 4.57 Å². The summed E-state index contributed by atoms with van der Waals surface area (Å²) < 4.78 is 19.1. The molecule has 0 N–H and O–H groups in total. The zero-order valence-electron chi connectivity index (χ0n) is 6.38. The van der Waals surface area contributed by atoms with E-state index in [4.69, 9.17) is 4.74 Å². The number of nitrogens with zero attached hydrogens (tertiary/aromatic N) is 1. The van der Waals surface area contributed by atoms with Gasteiger partial charge in [-0.05, 0) is 22.0 Å². The van der Waals surface area contributed by atoms with Crippen LogP contribution >= 0.6 is 15.9 Å². The minimum atomic E-state index is -0.790. The second-order valence-corrected chi connectivity index (χ2v) is 3.11. The van der Waals surface area contributed by atoms with Gasteiger partial charge in [-0.25, -0.2) is 4.39 Å². The summed E-state index contributed by atoms with van der Waals surface area (Å²) in [6, 6.07) is 1.12. The fourth-order valence-electron chi connectivity index (χ4n) is 0.800. The predicted octanol–water partition coefficient (Wildman–Crippen LogP) is 1.35. The Bertz CT molecular complexity index is 337. The Morgan fingerprint density at radius 1 is 1.75 bits per heavy atom. The maximum atomic E-state index is 12.7. The molecule has 0 fully saturated rings. The van der Waals surface area contributed by atoms with Crippen LogP contribution in [0.15, 0.2) is 21.5 Å². The quantitative estimate of drug-likeness (QED) is 0.776. The number of halogens is 2. The van der Waals surface area contributed by atoms with E-state index in [-0.39, 0.29) is 6.73 Å². The third-order valence-corrected chi connectivity index (χ3v) is 1.71. The van der Waals surface area contributed by atoms with E-state index in [0.29, 0.717) is 4.47 Å². The van der Waals surface area contributed by atoms with Crippen molar-refractivity contribution >= 4 is 15.9 Å². The Hall–Kier alpha value is -0.680. The summed E-state index contributed by atoms with van der Waals surface area (Å²) in [6.07, 6.45) is 1.47. The van der Waals surface area contributed by atoms with E-state index < -0.39 is 11.4 Å². The van der Waals surface area contributed by atoms with Gasteiger partial charge in [-0.2, -0.15) is 0 Å². The van der Waals surface area contributed by atoms with Gasteiger partial charge >= 0.3 is 0 Å². The highest BCUT2D eigenvalue weighted by Crippen LogP contribution is 2.07. The van der Waals surface area contributed by atoms with Gasteiger partial charge in [0.2, 0.25) is 0 Å². The maximum Gasteiger partial charge on any atom is 0.288 e. The predicted molar refractivity (Wildman–Crippen MR) is 45.4 cm³/mol. The third kappa shape index (κ3) is 1.92. The molecule has 0 aliphatic carbocycles. The summed E-state index contributed by atoms with van der Waals surface area (Å²) in [4.78, 5) is 11.0. The largest absolute Gasteiger partial charge is 0.364 e. The fraction of sp³-hybridized carbons (Fsp3) is 0.286. The van der Waals surface area contributed by atoms with Crippen LogP contribution in [0.3, 0.4) is 0 Å². The van der Waals surface area contributed by atoms with Gasteiger partial charge < -0.3 is 4.74 Å². The van der Waals surface area contributed by atoms with Crippen LogP contribution in [0.2, 0.25) is 0 Å². The van der Waals surface area contributed by atoms with Gasteiger partial charge in [-0.15, -0.1) is 0 Å². The fourth-order valence-corrected chi connectivity index (χ4v) is 1.25. The summed E-state index contributed by atoms with van der Waals surface area (Å²) in [5.74, 6) is -0.790. The highest BCUT2D eigenvalue weighted by Gasteiger charge is 2.03. The molecule has 1 aromatic heterocycles. The first-order valence-electron chi connectivity index (χ1n) is 3.19. The lowest BCUT2D eigenvalue weighted by atomic mass is 10.4. The number of methoxy groups -OCH3 is 1. The molecule has 1 heterocycles. The highest BCUT2D eigenvalue weighted by molar-refractivity contribution is 9.10. The summed E-state index contributed by atoms with van der Waals surface area (Å²) in [5, 5.41) is 0. The molecule has 0 spiro atoms. The van der Waals surface area contributed by atoms with Crippen molar-refractivity contribution in [2.45, 2.75) is 6.73 Å². The smallest absolute Gasteiger partial charge is 0.288 e.